The Bertz CT molecular complexity index is 1980. The number of hydrogen-bond donors (Lipinski definition) is 2. The third kappa shape index (κ3) is 11.6. The third-order valence-corrected chi connectivity index (χ3v) is 12.5. The number of benzene rings is 4. The number of anilines is 3. The molecule has 6 unspecified atom stereocenters. The molecule has 3 fully saturated rings. The zero-order valence-corrected chi connectivity index (χ0v) is 37.0. The van der Waals surface area contributed by atoms with Gasteiger partial charge in [-0.3, -0.25) is 4.79 Å². The van der Waals surface area contributed by atoms with E-state index < -0.39 is 0 Å². The average Bonchev–Trinajstić information content (AvgIpc) is 3.53. The fourth-order valence-corrected chi connectivity index (χ4v) is 8.65. The number of methoxy groups -OCH3 is 1. The van der Waals surface area contributed by atoms with Crippen LogP contribution < -0.4 is 20.3 Å². The maximum Gasteiger partial charge on any atom is 0.227 e. The van der Waals surface area contributed by atoms with Gasteiger partial charge in [-0.25, -0.2) is 0 Å². The van der Waals surface area contributed by atoms with Crippen molar-refractivity contribution in [3.63, 3.8) is 0 Å². The molecule has 59 heavy (non-hydrogen) atoms. The van der Waals surface area contributed by atoms with Crippen LogP contribution in [0.25, 0.3) is 0 Å². The van der Waals surface area contributed by atoms with Crippen molar-refractivity contribution in [2.45, 2.75) is 104 Å². The molecule has 2 saturated carbocycles. The van der Waals surface area contributed by atoms with Crippen LogP contribution in [0.4, 0.5) is 17.1 Å². The summed E-state index contributed by atoms with van der Waals surface area (Å²) in [7, 11) is 3.75. The van der Waals surface area contributed by atoms with Crippen molar-refractivity contribution in [1.82, 2.24) is 5.32 Å². The lowest BCUT2D eigenvalue weighted by Gasteiger charge is -2.41. The number of amides is 1. The molecule has 7 rings (SSSR count). The van der Waals surface area contributed by atoms with Crippen LogP contribution in [0, 0.1) is 37.5 Å². The lowest BCUT2D eigenvalue weighted by atomic mass is 9.75. The molecule has 4 aromatic carbocycles. The summed E-state index contributed by atoms with van der Waals surface area (Å²) >= 11 is 0. The minimum Gasteiger partial charge on any atom is -0.497 e. The molecule has 0 radical (unpaired) electrons. The van der Waals surface area contributed by atoms with E-state index in [1.54, 1.807) is 7.11 Å². The van der Waals surface area contributed by atoms with Gasteiger partial charge in [-0.2, -0.15) is 0 Å². The number of aryl methyl sites for hydroxylation is 2. The van der Waals surface area contributed by atoms with Crippen molar-refractivity contribution < 1.29 is 14.3 Å². The van der Waals surface area contributed by atoms with Gasteiger partial charge in [0.05, 0.1) is 19.3 Å². The van der Waals surface area contributed by atoms with Gasteiger partial charge >= 0.3 is 0 Å². The van der Waals surface area contributed by atoms with Crippen LogP contribution in [0.15, 0.2) is 134 Å². The molecule has 3 aliphatic rings. The minimum atomic E-state index is -0.00388. The van der Waals surface area contributed by atoms with Gasteiger partial charge in [-0.1, -0.05) is 113 Å². The summed E-state index contributed by atoms with van der Waals surface area (Å²) in [6.07, 6.45) is 9.49. The monoisotopic (exact) mass is 796 g/mol. The van der Waals surface area contributed by atoms with E-state index in [2.05, 4.69) is 175 Å². The first-order valence-electron chi connectivity index (χ1n) is 21.6. The first-order valence-corrected chi connectivity index (χ1v) is 21.6. The molecule has 1 aliphatic heterocycles. The molecular weight excluding hydrogens is 727 g/mol. The molecule has 2 aliphatic carbocycles. The number of rotatable bonds is 11. The lowest BCUT2D eigenvalue weighted by molar-refractivity contribution is -0.125. The highest BCUT2D eigenvalue weighted by molar-refractivity contribution is 5.84. The number of carbonyl (C=O) groups excluding carboxylic acids is 1. The number of ether oxygens (including phenoxy) is 2. The number of allylic oxidation sites excluding steroid dienone is 3. The smallest absolute Gasteiger partial charge is 0.227 e. The first-order chi connectivity index (χ1) is 28.3. The SMILES string of the molecule is C=CC1CCC(OC2CCC3C(=O)NC(=C)C3C2)CC1C(=C)N(C)c1ccc(OC)cc1.CCC.Cc1ccc(Nc2ccc(C(C)(C)c3ccc(C)cc3)cc2)cc1. The van der Waals surface area contributed by atoms with E-state index in [1.807, 2.05) is 12.1 Å². The fourth-order valence-electron chi connectivity index (χ4n) is 8.65. The van der Waals surface area contributed by atoms with E-state index in [-0.39, 0.29) is 35.4 Å². The van der Waals surface area contributed by atoms with Crippen LogP contribution in [0.3, 0.4) is 0 Å². The molecule has 6 atom stereocenters. The van der Waals surface area contributed by atoms with Crippen molar-refractivity contribution in [1.29, 1.82) is 0 Å². The Labute approximate surface area is 355 Å². The molecular formula is C53H69N3O3. The normalized spacial score (nSPS) is 22.3. The second kappa shape index (κ2) is 20.8. The lowest BCUT2D eigenvalue weighted by Crippen LogP contribution is -2.38. The van der Waals surface area contributed by atoms with Gasteiger partial charge in [-0.15, -0.1) is 6.58 Å². The second-order valence-electron chi connectivity index (χ2n) is 17.3. The summed E-state index contributed by atoms with van der Waals surface area (Å²) < 4.78 is 11.9. The second-order valence-corrected chi connectivity index (χ2v) is 17.3. The molecule has 0 aromatic heterocycles. The van der Waals surface area contributed by atoms with Crippen molar-refractivity contribution in [2.24, 2.45) is 23.7 Å². The molecule has 1 heterocycles. The highest BCUT2D eigenvalue weighted by atomic mass is 16.5. The van der Waals surface area contributed by atoms with Crippen LogP contribution in [-0.4, -0.2) is 32.3 Å². The van der Waals surface area contributed by atoms with Crippen LogP contribution in [0.1, 0.15) is 94.9 Å². The van der Waals surface area contributed by atoms with Crippen LogP contribution in [-0.2, 0) is 14.9 Å². The minimum absolute atomic E-state index is 0.00388. The number of hydrogen-bond acceptors (Lipinski definition) is 5. The van der Waals surface area contributed by atoms with Crippen molar-refractivity contribution in [3.8, 4) is 5.75 Å². The molecule has 4 aromatic rings. The molecule has 2 N–H and O–H groups in total. The average molecular weight is 796 g/mol. The van der Waals surface area contributed by atoms with Gasteiger partial charge in [0.2, 0.25) is 5.91 Å². The van der Waals surface area contributed by atoms with E-state index in [4.69, 9.17) is 9.47 Å². The Balaban J connectivity index is 0.000000218. The molecule has 0 spiro atoms. The highest BCUT2D eigenvalue weighted by Crippen LogP contribution is 2.43. The standard InChI is InChI=1S/C27H36N2O3.C23H25N.C3H8/c1-6-19-7-10-22(32-23-13-14-24-25(15-23)17(2)28-27(24)30)16-26(19)18(3)29(4)20-8-11-21(31-5)12-9-20;1-17-5-9-19(10-6-17)23(3,4)20-11-15-22(16-12-20)24-21-13-7-18(2)8-14-21;1-3-2/h6,8-9,11-12,19,22-26H,1-3,7,10,13-16H2,4-5H3,(H,28,30);5-16,24H,1-4H3;3H2,1-2H3. The first kappa shape index (κ1) is 45.0. The topological polar surface area (TPSA) is 62.8 Å². The quantitative estimate of drug-likeness (QED) is 0.148. The predicted molar refractivity (Wildman–Crippen MR) is 249 cm³/mol. The van der Waals surface area contributed by atoms with Crippen LogP contribution in [0.2, 0.25) is 0 Å². The number of fused-ring (bicyclic) bond motifs is 1. The van der Waals surface area contributed by atoms with Gasteiger partial charge in [0.15, 0.2) is 0 Å². The summed E-state index contributed by atoms with van der Waals surface area (Å²) in [5.41, 5.74) is 10.5. The number of carbonyl (C=O) groups is 1. The Morgan fingerprint density at radius 1 is 0.797 bits per heavy atom. The van der Waals surface area contributed by atoms with Crippen molar-refractivity contribution in [2.75, 3.05) is 24.4 Å². The summed E-state index contributed by atoms with van der Waals surface area (Å²) in [6, 6.07) is 34.1. The Hall–Kier alpha value is -5.07. The third-order valence-electron chi connectivity index (χ3n) is 12.5. The Kier molecular flexibility index (Phi) is 15.8. The van der Waals surface area contributed by atoms with Gasteiger partial charge in [0, 0.05) is 58.7 Å². The van der Waals surface area contributed by atoms with Crippen LogP contribution >= 0.6 is 0 Å². The van der Waals surface area contributed by atoms with Crippen LogP contribution in [0.5, 0.6) is 5.75 Å². The molecule has 6 nitrogen and oxygen atoms in total. The van der Waals surface area contributed by atoms with E-state index in [9.17, 15) is 4.79 Å². The molecule has 314 valence electrons. The molecule has 1 amide bonds. The van der Waals surface area contributed by atoms with E-state index in [0.29, 0.717) is 11.8 Å². The predicted octanol–water partition coefficient (Wildman–Crippen LogP) is 12.9. The van der Waals surface area contributed by atoms with Crippen molar-refractivity contribution in [3.05, 3.63) is 157 Å². The van der Waals surface area contributed by atoms with Crippen molar-refractivity contribution >= 4 is 23.0 Å². The van der Waals surface area contributed by atoms with E-state index >= 15 is 0 Å². The maximum atomic E-state index is 12.1. The van der Waals surface area contributed by atoms with Gasteiger partial charge in [-0.05, 0) is 118 Å². The molecule has 1 saturated heterocycles. The summed E-state index contributed by atoms with van der Waals surface area (Å²) in [4.78, 5) is 14.3. The number of nitrogens with zero attached hydrogens (tertiary/aromatic N) is 1. The van der Waals surface area contributed by atoms with E-state index in [1.165, 1.54) is 28.7 Å². The zero-order chi connectivity index (χ0) is 42.7. The van der Waals surface area contributed by atoms with Gasteiger partial charge in [0.1, 0.15) is 5.75 Å². The summed E-state index contributed by atoms with van der Waals surface area (Å²) in [6.45, 7) is 25.7. The molecule has 6 heteroatoms. The molecule has 0 bridgehead atoms. The van der Waals surface area contributed by atoms with Gasteiger partial charge < -0.3 is 25.0 Å². The number of nitrogens with one attached hydrogen (secondary N) is 2. The van der Waals surface area contributed by atoms with Gasteiger partial charge in [0.25, 0.3) is 0 Å². The fraction of sp³-hybridized carbons (Fsp3) is 0.415. The Morgan fingerprint density at radius 2 is 1.31 bits per heavy atom. The van der Waals surface area contributed by atoms with E-state index in [0.717, 1.165) is 72.7 Å². The maximum absolute atomic E-state index is 12.1. The Morgan fingerprint density at radius 3 is 1.86 bits per heavy atom. The zero-order valence-electron chi connectivity index (χ0n) is 37.0. The summed E-state index contributed by atoms with van der Waals surface area (Å²) in [5.74, 6) is 1.99. The summed E-state index contributed by atoms with van der Waals surface area (Å²) in [5, 5.41) is 6.39. The highest BCUT2D eigenvalue weighted by Gasteiger charge is 2.43. The largest absolute Gasteiger partial charge is 0.497 e.